The molecule has 0 aliphatic rings. The number of carbonyl (C=O) groups is 1. The summed E-state index contributed by atoms with van der Waals surface area (Å²) in [5.74, 6) is 0.675. The molecule has 0 aliphatic carbocycles. The molecule has 0 spiro atoms. The van der Waals surface area contributed by atoms with Gasteiger partial charge in [0.1, 0.15) is 5.82 Å². The first-order chi connectivity index (χ1) is 14.8. The molecular weight excluding hydrogens is 464 g/mol. The molecule has 1 heterocycles. The third-order valence-electron chi connectivity index (χ3n) is 4.39. The summed E-state index contributed by atoms with van der Waals surface area (Å²) in [5.41, 5.74) is 6.91. The Labute approximate surface area is 187 Å². The van der Waals surface area contributed by atoms with E-state index >= 15 is 0 Å². The summed E-state index contributed by atoms with van der Waals surface area (Å²) in [6.07, 6.45) is 3.70. The molecule has 31 heavy (non-hydrogen) atoms. The van der Waals surface area contributed by atoms with Gasteiger partial charge < -0.3 is 15.2 Å². The number of primary amides is 1. The first kappa shape index (κ1) is 22.2. The first-order valence-corrected chi connectivity index (χ1v) is 10.1. The smallest absolute Gasteiger partial charge is 0.282 e. The van der Waals surface area contributed by atoms with E-state index in [1.165, 1.54) is 18.0 Å². The van der Waals surface area contributed by atoms with Crippen LogP contribution >= 0.6 is 15.9 Å². The predicted octanol–water partition coefficient (Wildman–Crippen LogP) is 2.95. The first-order valence-electron chi connectivity index (χ1n) is 9.30. The van der Waals surface area contributed by atoms with Gasteiger partial charge in [-0.2, -0.15) is 9.78 Å². The number of allylic oxidation sites excluding steroid dienone is 1. The van der Waals surface area contributed by atoms with Gasteiger partial charge in [-0.15, -0.1) is 6.58 Å². The van der Waals surface area contributed by atoms with Crippen LogP contribution in [0, 0.1) is 6.92 Å². The zero-order chi connectivity index (χ0) is 22.5. The van der Waals surface area contributed by atoms with Gasteiger partial charge in [-0.25, -0.2) is 4.98 Å². The number of hydrogen-bond donors (Lipinski definition) is 1. The van der Waals surface area contributed by atoms with Gasteiger partial charge in [0.05, 0.1) is 24.2 Å². The van der Waals surface area contributed by atoms with Crippen molar-refractivity contribution in [3.63, 3.8) is 0 Å². The number of aryl methyl sites for hydroxylation is 1. The van der Waals surface area contributed by atoms with E-state index in [1.54, 1.807) is 31.2 Å². The highest BCUT2D eigenvalue weighted by atomic mass is 79.9. The summed E-state index contributed by atoms with van der Waals surface area (Å²) in [4.78, 5) is 28.5. The van der Waals surface area contributed by atoms with Crippen molar-refractivity contribution in [3.8, 4) is 11.5 Å². The fourth-order valence-electron chi connectivity index (χ4n) is 3.04. The highest BCUT2D eigenvalue weighted by molar-refractivity contribution is 9.10. The minimum Gasteiger partial charge on any atom is -0.493 e. The molecule has 0 radical (unpaired) electrons. The maximum atomic E-state index is 12.9. The maximum absolute atomic E-state index is 12.9. The molecule has 0 unspecified atom stereocenters. The SMILES string of the molecule is C=CCc1cc(C=Nn2c(C)nc3ccc(Br)cc3c2=O)cc(OC)c1OCC(N)=O. The normalized spacial score (nSPS) is 11.1. The molecule has 0 bridgehead atoms. The number of hydrogen-bond acceptors (Lipinski definition) is 6. The van der Waals surface area contributed by atoms with Gasteiger partial charge >= 0.3 is 0 Å². The molecule has 0 atom stereocenters. The van der Waals surface area contributed by atoms with Crippen LogP contribution in [-0.2, 0) is 11.2 Å². The average Bonchev–Trinajstić information content (AvgIpc) is 2.73. The Balaban J connectivity index is 2.06. The molecule has 3 rings (SSSR count). The minimum absolute atomic E-state index is 0.277. The third kappa shape index (κ3) is 5.00. The van der Waals surface area contributed by atoms with Gasteiger partial charge in [0.15, 0.2) is 18.1 Å². The highest BCUT2D eigenvalue weighted by Crippen LogP contribution is 2.33. The summed E-state index contributed by atoms with van der Waals surface area (Å²) in [5, 5.41) is 4.80. The minimum atomic E-state index is -0.595. The molecule has 3 aromatic rings. The van der Waals surface area contributed by atoms with Crippen molar-refractivity contribution in [1.29, 1.82) is 0 Å². The molecule has 9 heteroatoms. The van der Waals surface area contributed by atoms with Crippen molar-refractivity contribution in [1.82, 2.24) is 9.66 Å². The van der Waals surface area contributed by atoms with E-state index in [2.05, 4.69) is 32.6 Å². The van der Waals surface area contributed by atoms with Crippen LogP contribution in [0.25, 0.3) is 10.9 Å². The molecule has 0 aliphatic heterocycles. The van der Waals surface area contributed by atoms with Crippen LogP contribution in [0.3, 0.4) is 0 Å². The second kappa shape index (κ2) is 9.57. The molecule has 8 nitrogen and oxygen atoms in total. The quantitative estimate of drug-likeness (QED) is 0.390. The number of nitrogens with two attached hydrogens (primary N) is 1. The number of rotatable bonds is 8. The summed E-state index contributed by atoms with van der Waals surface area (Å²) in [6.45, 7) is 5.19. The lowest BCUT2D eigenvalue weighted by molar-refractivity contribution is -0.119. The Morgan fingerprint density at radius 1 is 1.35 bits per heavy atom. The van der Waals surface area contributed by atoms with Gasteiger partial charge in [0.2, 0.25) is 0 Å². The number of methoxy groups -OCH3 is 1. The third-order valence-corrected chi connectivity index (χ3v) is 4.88. The Hall–Kier alpha value is -3.46. The van der Waals surface area contributed by atoms with E-state index in [-0.39, 0.29) is 12.2 Å². The second-order valence-electron chi connectivity index (χ2n) is 6.64. The van der Waals surface area contributed by atoms with Gasteiger partial charge in [0.25, 0.3) is 11.5 Å². The topological polar surface area (TPSA) is 109 Å². The van der Waals surface area contributed by atoms with Crippen LogP contribution in [-0.4, -0.2) is 35.5 Å². The lowest BCUT2D eigenvalue weighted by Crippen LogP contribution is -2.21. The molecule has 1 aromatic heterocycles. The van der Waals surface area contributed by atoms with Crippen molar-refractivity contribution in [2.75, 3.05) is 13.7 Å². The van der Waals surface area contributed by atoms with Gasteiger partial charge in [-0.05, 0) is 49.2 Å². The molecule has 2 aromatic carbocycles. The number of aromatic nitrogens is 2. The largest absolute Gasteiger partial charge is 0.493 e. The van der Waals surface area contributed by atoms with E-state index in [4.69, 9.17) is 15.2 Å². The Morgan fingerprint density at radius 2 is 2.13 bits per heavy atom. The number of fused-ring (bicyclic) bond motifs is 1. The summed E-state index contributed by atoms with van der Waals surface area (Å²) < 4.78 is 13.0. The Kier molecular flexibility index (Phi) is 6.86. The van der Waals surface area contributed by atoms with Crippen LogP contribution in [0.5, 0.6) is 11.5 Å². The summed E-state index contributed by atoms with van der Waals surface area (Å²) >= 11 is 3.38. The fourth-order valence-corrected chi connectivity index (χ4v) is 3.41. The van der Waals surface area contributed by atoms with Crippen LogP contribution in [0.4, 0.5) is 0 Å². The highest BCUT2D eigenvalue weighted by Gasteiger charge is 2.14. The van der Waals surface area contributed by atoms with Crippen molar-refractivity contribution in [2.24, 2.45) is 10.8 Å². The summed E-state index contributed by atoms with van der Waals surface area (Å²) in [6, 6.07) is 8.83. The number of carbonyl (C=O) groups excluding carboxylic acids is 1. The molecule has 2 N–H and O–H groups in total. The fraction of sp³-hybridized carbons (Fsp3) is 0.182. The monoisotopic (exact) mass is 484 g/mol. The average molecular weight is 485 g/mol. The van der Waals surface area contributed by atoms with Gasteiger partial charge in [-0.1, -0.05) is 22.0 Å². The zero-order valence-corrected chi connectivity index (χ0v) is 18.7. The zero-order valence-electron chi connectivity index (χ0n) is 17.1. The van der Waals surface area contributed by atoms with Gasteiger partial charge in [0, 0.05) is 10.0 Å². The molecule has 0 saturated heterocycles. The predicted molar refractivity (Wildman–Crippen MR) is 123 cm³/mol. The van der Waals surface area contributed by atoms with Crippen LogP contribution < -0.4 is 20.8 Å². The number of benzene rings is 2. The van der Waals surface area contributed by atoms with Crippen molar-refractivity contribution in [2.45, 2.75) is 13.3 Å². The number of nitrogens with zero attached hydrogens (tertiary/aromatic N) is 3. The Bertz CT molecular complexity index is 1250. The molecular formula is C22H21BrN4O4. The van der Waals surface area contributed by atoms with E-state index in [1.807, 2.05) is 12.1 Å². The van der Waals surface area contributed by atoms with E-state index in [0.29, 0.717) is 40.2 Å². The molecule has 0 saturated carbocycles. The van der Waals surface area contributed by atoms with E-state index in [0.717, 1.165) is 10.0 Å². The van der Waals surface area contributed by atoms with E-state index in [9.17, 15) is 9.59 Å². The number of amides is 1. The van der Waals surface area contributed by atoms with Crippen molar-refractivity contribution >= 4 is 39.0 Å². The summed E-state index contributed by atoms with van der Waals surface area (Å²) in [7, 11) is 1.49. The van der Waals surface area contributed by atoms with Gasteiger partial charge in [-0.3, -0.25) is 9.59 Å². The maximum Gasteiger partial charge on any atom is 0.282 e. The van der Waals surface area contributed by atoms with Crippen molar-refractivity contribution in [3.05, 3.63) is 74.8 Å². The lowest BCUT2D eigenvalue weighted by atomic mass is 10.1. The second-order valence-corrected chi connectivity index (χ2v) is 7.56. The molecule has 0 fully saturated rings. The van der Waals surface area contributed by atoms with Crippen molar-refractivity contribution < 1.29 is 14.3 Å². The van der Waals surface area contributed by atoms with Crippen LogP contribution in [0.15, 0.2) is 57.4 Å². The van der Waals surface area contributed by atoms with Crippen LogP contribution in [0.1, 0.15) is 17.0 Å². The van der Waals surface area contributed by atoms with Crippen LogP contribution in [0.2, 0.25) is 0 Å². The lowest BCUT2D eigenvalue weighted by Gasteiger charge is -2.14. The Morgan fingerprint density at radius 3 is 2.81 bits per heavy atom. The number of ether oxygens (including phenoxy) is 2. The molecule has 1 amide bonds. The molecule has 160 valence electrons. The standard InChI is InChI=1S/C22H21BrN4O4/c1-4-5-15-8-14(9-19(30-3)21(15)31-12-20(24)28)11-25-27-13(2)26-18-7-6-16(23)10-17(18)22(27)29/h4,6-11H,1,5,12H2,2-3H3,(H2,24,28). The van der Waals surface area contributed by atoms with E-state index < -0.39 is 5.91 Å². The number of halogens is 1.